The molecule has 0 spiro atoms. The molecule has 1 fully saturated rings. The molecule has 0 saturated carbocycles. The van der Waals surface area contributed by atoms with E-state index in [1.165, 1.54) is 5.56 Å². The number of imidazole rings is 1. The Hall–Kier alpha value is -1.85. The average molecular weight is 333 g/mol. The molecule has 1 aliphatic heterocycles. The van der Waals surface area contributed by atoms with Crippen LogP contribution in [-0.4, -0.2) is 51.4 Å². The predicted octanol–water partition coefficient (Wildman–Crippen LogP) is 2.59. The second kappa shape index (κ2) is 6.72. The zero-order valence-electron chi connectivity index (χ0n) is 13.4. The van der Waals surface area contributed by atoms with Crippen molar-refractivity contribution in [3.63, 3.8) is 0 Å². The smallest absolute Gasteiger partial charge is 0.289 e. The number of amides is 1. The monoisotopic (exact) mass is 332 g/mol. The van der Waals surface area contributed by atoms with Crippen molar-refractivity contribution in [1.82, 2.24) is 19.4 Å². The lowest BCUT2D eigenvalue weighted by Crippen LogP contribution is -2.49. The first-order chi connectivity index (χ1) is 11.1. The van der Waals surface area contributed by atoms with Gasteiger partial charge in [-0.1, -0.05) is 23.7 Å². The second-order valence-electron chi connectivity index (χ2n) is 5.92. The van der Waals surface area contributed by atoms with Crippen molar-refractivity contribution in [3.05, 3.63) is 53.1 Å². The Morgan fingerprint density at radius 3 is 2.39 bits per heavy atom. The summed E-state index contributed by atoms with van der Waals surface area (Å²) < 4.78 is 1.77. The molecule has 6 heteroatoms. The molecular weight excluding hydrogens is 312 g/mol. The first-order valence-electron chi connectivity index (χ1n) is 7.82. The van der Waals surface area contributed by atoms with Gasteiger partial charge in [-0.2, -0.15) is 0 Å². The molecule has 0 aliphatic carbocycles. The molecule has 1 saturated heterocycles. The number of carbonyl (C=O) groups excluding carboxylic acids is 1. The molecule has 2 heterocycles. The normalized spacial score (nSPS) is 17.3. The van der Waals surface area contributed by atoms with Crippen LogP contribution in [0.15, 0.2) is 36.7 Å². The number of aromatic nitrogens is 2. The Bertz CT molecular complexity index is 674. The van der Waals surface area contributed by atoms with Crippen LogP contribution in [0.2, 0.25) is 5.02 Å². The van der Waals surface area contributed by atoms with Gasteiger partial charge in [0.25, 0.3) is 5.91 Å². The molecule has 1 atom stereocenters. The third-order valence-electron chi connectivity index (χ3n) is 4.51. The molecule has 122 valence electrons. The van der Waals surface area contributed by atoms with Gasteiger partial charge in [0.2, 0.25) is 0 Å². The zero-order valence-corrected chi connectivity index (χ0v) is 14.2. The summed E-state index contributed by atoms with van der Waals surface area (Å²) in [5.41, 5.74) is 1.25. The number of aryl methyl sites for hydroxylation is 1. The molecule has 0 bridgehead atoms. The summed E-state index contributed by atoms with van der Waals surface area (Å²) in [5.74, 6) is 0.514. The van der Waals surface area contributed by atoms with Crippen LogP contribution in [-0.2, 0) is 7.05 Å². The highest BCUT2D eigenvalue weighted by molar-refractivity contribution is 6.30. The minimum atomic E-state index is 0.0105. The van der Waals surface area contributed by atoms with Crippen molar-refractivity contribution in [3.8, 4) is 0 Å². The number of benzene rings is 1. The predicted molar refractivity (Wildman–Crippen MR) is 90.6 cm³/mol. The number of rotatable bonds is 3. The molecule has 0 N–H and O–H groups in total. The van der Waals surface area contributed by atoms with Crippen LogP contribution in [0.25, 0.3) is 0 Å². The zero-order chi connectivity index (χ0) is 16.4. The summed E-state index contributed by atoms with van der Waals surface area (Å²) in [4.78, 5) is 20.9. The third kappa shape index (κ3) is 3.41. The molecule has 1 amide bonds. The van der Waals surface area contributed by atoms with Gasteiger partial charge >= 0.3 is 0 Å². The van der Waals surface area contributed by atoms with E-state index in [1.807, 2.05) is 24.1 Å². The summed E-state index contributed by atoms with van der Waals surface area (Å²) in [6.45, 7) is 5.37. The first-order valence-corrected chi connectivity index (χ1v) is 8.20. The van der Waals surface area contributed by atoms with Crippen LogP contribution in [0.5, 0.6) is 0 Å². The van der Waals surface area contributed by atoms with Crippen LogP contribution in [0.3, 0.4) is 0 Å². The molecule has 1 unspecified atom stereocenters. The maximum absolute atomic E-state index is 12.5. The number of carbonyl (C=O) groups is 1. The maximum atomic E-state index is 12.5. The van der Waals surface area contributed by atoms with E-state index >= 15 is 0 Å². The van der Waals surface area contributed by atoms with Crippen LogP contribution in [0, 0.1) is 0 Å². The summed E-state index contributed by atoms with van der Waals surface area (Å²) in [6.07, 6.45) is 3.46. The Balaban J connectivity index is 1.61. The van der Waals surface area contributed by atoms with Gasteiger partial charge in [0.15, 0.2) is 5.82 Å². The highest BCUT2D eigenvalue weighted by Crippen LogP contribution is 2.23. The van der Waals surface area contributed by atoms with Gasteiger partial charge < -0.3 is 9.47 Å². The van der Waals surface area contributed by atoms with Gasteiger partial charge in [-0.05, 0) is 24.6 Å². The van der Waals surface area contributed by atoms with E-state index in [2.05, 4.69) is 28.9 Å². The quantitative estimate of drug-likeness (QED) is 0.867. The second-order valence-corrected chi connectivity index (χ2v) is 6.35. The van der Waals surface area contributed by atoms with E-state index in [9.17, 15) is 4.79 Å². The molecule has 1 aromatic carbocycles. The van der Waals surface area contributed by atoms with Crippen LogP contribution < -0.4 is 0 Å². The molecule has 3 rings (SSSR count). The van der Waals surface area contributed by atoms with E-state index in [0.29, 0.717) is 11.9 Å². The minimum absolute atomic E-state index is 0.0105. The van der Waals surface area contributed by atoms with Crippen molar-refractivity contribution in [1.29, 1.82) is 0 Å². The van der Waals surface area contributed by atoms with Crippen molar-refractivity contribution in [2.75, 3.05) is 26.2 Å². The highest BCUT2D eigenvalue weighted by atomic mass is 35.5. The Labute approximate surface area is 141 Å². The topological polar surface area (TPSA) is 41.4 Å². The van der Waals surface area contributed by atoms with Gasteiger partial charge in [0, 0.05) is 56.7 Å². The van der Waals surface area contributed by atoms with Crippen LogP contribution in [0.4, 0.5) is 0 Å². The summed E-state index contributed by atoms with van der Waals surface area (Å²) in [5, 5.41) is 0.756. The number of halogens is 1. The van der Waals surface area contributed by atoms with Gasteiger partial charge in [0.05, 0.1) is 0 Å². The third-order valence-corrected chi connectivity index (χ3v) is 4.77. The van der Waals surface area contributed by atoms with Gasteiger partial charge in [-0.25, -0.2) is 4.98 Å². The highest BCUT2D eigenvalue weighted by Gasteiger charge is 2.26. The SMILES string of the molecule is CC(c1ccc(Cl)cc1)N1CCN(C(=O)c2nccn2C)CC1. The Morgan fingerprint density at radius 2 is 1.83 bits per heavy atom. The maximum Gasteiger partial charge on any atom is 0.289 e. The number of hydrogen-bond acceptors (Lipinski definition) is 3. The number of piperazine rings is 1. The van der Waals surface area contributed by atoms with Gasteiger partial charge in [-0.3, -0.25) is 9.69 Å². The molecule has 1 aromatic heterocycles. The molecule has 23 heavy (non-hydrogen) atoms. The summed E-state index contributed by atoms with van der Waals surface area (Å²) >= 11 is 5.95. The molecule has 2 aromatic rings. The number of hydrogen-bond donors (Lipinski definition) is 0. The van der Waals surface area contributed by atoms with Crippen molar-refractivity contribution >= 4 is 17.5 Å². The van der Waals surface area contributed by atoms with E-state index in [1.54, 1.807) is 17.0 Å². The van der Waals surface area contributed by atoms with Crippen molar-refractivity contribution < 1.29 is 4.79 Å². The summed E-state index contributed by atoms with van der Waals surface area (Å²) in [7, 11) is 1.85. The lowest BCUT2D eigenvalue weighted by Gasteiger charge is -2.38. The van der Waals surface area contributed by atoms with Crippen LogP contribution in [0.1, 0.15) is 29.1 Å². The van der Waals surface area contributed by atoms with E-state index in [-0.39, 0.29) is 5.91 Å². The van der Waals surface area contributed by atoms with Crippen molar-refractivity contribution in [2.45, 2.75) is 13.0 Å². The van der Waals surface area contributed by atoms with E-state index in [4.69, 9.17) is 11.6 Å². The largest absolute Gasteiger partial charge is 0.333 e. The molecule has 1 aliphatic rings. The first kappa shape index (κ1) is 16.0. The Kier molecular flexibility index (Phi) is 4.68. The lowest BCUT2D eigenvalue weighted by atomic mass is 10.1. The van der Waals surface area contributed by atoms with Gasteiger partial charge in [-0.15, -0.1) is 0 Å². The van der Waals surface area contributed by atoms with Crippen molar-refractivity contribution in [2.24, 2.45) is 7.05 Å². The fourth-order valence-electron chi connectivity index (χ4n) is 2.98. The lowest BCUT2D eigenvalue weighted by molar-refractivity contribution is 0.0567. The molecule has 0 radical (unpaired) electrons. The summed E-state index contributed by atoms with van der Waals surface area (Å²) in [6, 6.07) is 8.30. The van der Waals surface area contributed by atoms with E-state index in [0.717, 1.165) is 31.2 Å². The van der Waals surface area contributed by atoms with Crippen LogP contribution >= 0.6 is 11.6 Å². The van der Waals surface area contributed by atoms with E-state index < -0.39 is 0 Å². The minimum Gasteiger partial charge on any atom is -0.333 e. The standard InChI is InChI=1S/C17H21ClN4O/c1-13(14-3-5-15(18)6-4-14)21-9-11-22(12-10-21)17(23)16-19-7-8-20(16)2/h3-8,13H,9-12H2,1-2H3. The molecule has 5 nitrogen and oxygen atoms in total. The fraction of sp³-hybridized carbons (Fsp3) is 0.412. The average Bonchev–Trinajstić information content (AvgIpc) is 3.00. The van der Waals surface area contributed by atoms with Gasteiger partial charge in [0.1, 0.15) is 0 Å². The Morgan fingerprint density at radius 1 is 1.17 bits per heavy atom. The number of nitrogens with zero attached hydrogens (tertiary/aromatic N) is 4. The fourth-order valence-corrected chi connectivity index (χ4v) is 3.10. The molecular formula is C17H21ClN4O.